The van der Waals surface area contributed by atoms with Crippen LogP contribution in [0.4, 0.5) is 0 Å². The van der Waals surface area contributed by atoms with Crippen LogP contribution in [0, 0.1) is 5.92 Å². The van der Waals surface area contributed by atoms with E-state index in [1.165, 1.54) is 6.33 Å². The highest BCUT2D eigenvalue weighted by Gasteiger charge is 2.15. The van der Waals surface area contributed by atoms with Gasteiger partial charge in [0.25, 0.3) is 0 Å². The maximum atomic E-state index is 5.99. The second kappa shape index (κ2) is 7.40. The van der Waals surface area contributed by atoms with Crippen LogP contribution >= 0.6 is 0 Å². The molecule has 4 heterocycles. The Morgan fingerprint density at radius 3 is 2.93 bits per heavy atom. The van der Waals surface area contributed by atoms with Gasteiger partial charge < -0.3 is 14.5 Å². The summed E-state index contributed by atoms with van der Waals surface area (Å²) in [6, 6.07) is 11.4. The van der Waals surface area contributed by atoms with E-state index in [1.807, 2.05) is 36.4 Å². The lowest BCUT2D eigenvalue weighted by Gasteiger charge is -2.22. The highest BCUT2D eigenvalue weighted by molar-refractivity contribution is 5.77. The van der Waals surface area contributed by atoms with E-state index in [2.05, 4.69) is 25.6 Å². The zero-order chi connectivity index (χ0) is 18.8. The predicted molar refractivity (Wildman–Crippen MR) is 103 cm³/mol. The molecule has 8 nitrogen and oxygen atoms in total. The largest absolute Gasteiger partial charge is 0.493 e. The van der Waals surface area contributed by atoms with E-state index in [1.54, 1.807) is 10.9 Å². The van der Waals surface area contributed by atoms with Crippen molar-refractivity contribution in [2.75, 3.05) is 19.7 Å². The average molecular weight is 376 g/mol. The predicted octanol–water partition coefficient (Wildman–Crippen LogP) is 2.85. The van der Waals surface area contributed by atoms with Crippen LogP contribution < -0.4 is 10.1 Å². The Bertz CT molecular complexity index is 1070. The van der Waals surface area contributed by atoms with Gasteiger partial charge in [-0.2, -0.15) is 4.68 Å². The van der Waals surface area contributed by atoms with Gasteiger partial charge in [-0.25, -0.2) is 9.97 Å². The molecule has 28 heavy (non-hydrogen) atoms. The van der Waals surface area contributed by atoms with Crippen LogP contribution in [0.15, 0.2) is 53.4 Å². The van der Waals surface area contributed by atoms with Crippen molar-refractivity contribution in [1.29, 1.82) is 0 Å². The fourth-order valence-corrected chi connectivity index (χ4v) is 3.45. The van der Waals surface area contributed by atoms with Crippen LogP contribution in [0.5, 0.6) is 5.75 Å². The Morgan fingerprint density at radius 2 is 2.07 bits per heavy atom. The lowest BCUT2D eigenvalue weighted by Crippen LogP contribution is -2.30. The fraction of sp³-hybridized carbons (Fsp3) is 0.300. The van der Waals surface area contributed by atoms with Gasteiger partial charge >= 0.3 is 0 Å². The van der Waals surface area contributed by atoms with Crippen molar-refractivity contribution in [3.8, 4) is 23.0 Å². The number of benzene rings is 1. The normalized spacial score (nSPS) is 15.1. The third-order valence-corrected chi connectivity index (χ3v) is 5.00. The second-order valence-corrected chi connectivity index (χ2v) is 6.89. The smallest absolute Gasteiger partial charge is 0.159 e. The monoisotopic (exact) mass is 376 g/mol. The minimum atomic E-state index is 0.605. The van der Waals surface area contributed by atoms with Gasteiger partial charge in [0.15, 0.2) is 11.6 Å². The highest BCUT2D eigenvalue weighted by Crippen LogP contribution is 2.24. The summed E-state index contributed by atoms with van der Waals surface area (Å²) in [5, 5.41) is 11.9. The number of rotatable bonds is 5. The molecule has 1 aliphatic heterocycles. The van der Waals surface area contributed by atoms with Crippen LogP contribution in [0.25, 0.3) is 28.3 Å². The summed E-state index contributed by atoms with van der Waals surface area (Å²) >= 11 is 0. The van der Waals surface area contributed by atoms with Gasteiger partial charge in [-0.05, 0) is 56.1 Å². The van der Waals surface area contributed by atoms with Crippen molar-refractivity contribution >= 4 is 11.0 Å². The third kappa shape index (κ3) is 3.34. The van der Waals surface area contributed by atoms with E-state index in [-0.39, 0.29) is 0 Å². The standard InChI is InChI=1S/C20H20N6O2/c1-2-19(27-9-1)17-11-20(23-13-22-17)26-18-4-3-15(10-16(18)24-25-26)28-12-14-5-7-21-8-6-14/h1-4,9-11,13-14,21H,5-8,12H2. The van der Waals surface area contributed by atoms with Crippen LogP contribution in [-0.4, -0.2) is 44.7 Å². The van der Waals surface area contributed by atoms with Crippen molar-refractivity contribution in [3.05, 3.63) is 49.0 Å². The molecule has 0 saturated carbocycles. The molecule has 3 aromatic heterocycles. The van der Waals surface area contributed by atoms with Gasteiger partial charge in [-0.3, -0.25) is 0 Å². The van der Waals surface area contributed by atoms with Crippen LogP contribution in [-0.2, 0) is 0 Å². The first kappa shape index (κ1) is 16.9. The number of aromatic nitrogens is 5. The van der Waals surface area contributed by atoms with Crippen LogP contribution in [0.3, 0.4) is 0 Å². The molecule has 0 amide bonds. The molecule has 4 aromatic rings. The lowest BCUT2D eigenvalue weighted by molar-refractivity contribution is 0.215. The third-order valence-electron chi connectivity index (χ3n) is 5.00. The van der Waals surface area contributed by atoms with Crippen LogP contribution in [0.2, 0.25) is 0 Å². The maximum Gasteiger partial charge on any atom is 0.159 e. The minimum absolute atomic E-state index is 0.605. The van der Waals surface area contributed by atoms with Gasteiger partial charge in [0.1, 0.15) is 23.3 Å². The second-order valence-electron chi connectivity index (χ2n) is 6.89. The molecule has 1 N–H and O–H groups in total. The first-order valence-corrected chi connectivity index (χ1v) is 9.42. The number of fused-ring (bicyclic) bond motifs is 1. The minimum Gasteiger partial charge on any atom is -0.493 e. The summed E-state index contributed by atoms with van der Waals surface area (Å²) in [7, 11) is 0. The zero-order valence-electron chi connectivity index (χ0n) is 15.3. The number of nitrogens with zero attached hydrogens (tertiary/aromatic N) is 5. The van der Waals surface area contributed by atoms with E-state index in [0.29, 0.717) is 23.2 Å². The first-order valence-electron chi connectivity index (χ1n) is 9.42. The van der Waals surface area contributed by atoms with Gasteiger partial charge in [0.2, 0.25) is 0 Å². The zero-order valence-corrected chi connectivity index (χ0v) is 15.3. The Balaban J connectivity index is 1.38. The van der Waals surface area contributed by atoms with E-state index in [0.717, 1.165) is 49.3 Å². The van der Waals surface area contributed by atoms with Gasteiger partial charge in [-0.1, -0.05) is 5.21 Å². The number of hydrogen-bond acceptors (Lipinski definition) is 7. The SMILES string of the molecule is c1coc(-c2cc(-n3nnc4cc(OCC5CCNCC5)ccc43)ncn2)c1. The number of hydrogen-bond donors (Lipinski definition) is 1. The lowest BCUT2D eigenvalue weighted by atomic mass is 9.99. The molecule has 0 bridgehead atoms. The average Bonchev–Trinajstić information content (AvgIpc) is 3.43. The molecule has 142 valence electrons. The van der Waals surface area contributed by atoms with E-state index < -0.39 is 0 Å². The maximum absolute atomic E-state index is 5.99. The van der Waals surface area contributed by atoms with Crippen molar-refractivity contribution in [3.63, 3.8) is 0 Å². The van der Waals surface area contributed by atoms with Crippen molar-refractivity contribution in [2.45, 2.75) is 12.8 Å². The van der Waals surface area contributed by atoms with Gasteiger partial charge in [0, 0.05) is 12.1 Å². The van der Waals surface area contributed by atoms with Crippen molar-refractivity contribution < 1.29 is 9.15 Å². The molecule has 0 radical (unpaired) electrons. The number of piperidine rings is 1. The molecule has 5 rings (SSSR count). The molecule has 0 atom stereocenters. The molecular weight excluding hydrogens is 356 g/mol. The Hall–Kier alpha value is -3.26. The molecule has 1 aliphatic rings. The van der Waals surface area contributed by atoms with Crippen molar-refractivity contribution in [2.24, 2.45) is 5.92 Å². The molecule has 1 aromatic carbocycles. The van der Waals surface area contributed by atoms with E-state index in [4.69, 9.17) is 9.15 Å². The van der Waals surface area contributed by atoms with Crippen LogP contribution in [0.1, 0.15) is 12.8 Å². The van der Waals surface area contributed by atoms with E-state index in [9.17, 15) is 0 Å². The van der Waals surface area contributed by atoms with Crippen molar-refractivity contribution in [1.82, 2.24) is 30.3 Å². The Morgan fingerprint density at radius 1 is 1.14 bits per heavy atom. The topological polar surface area (TPSA) is 90.9 Å². The van der Waals surface area contributed by atoms with Gasteiger partial charge in [0.05, 0.1) is 18.4 Å². The number of nitrogens with one attached hydrogen (secondary N) is 1. The molecule has 1 fully saturated rings. The molecular formula is C20H20N6O2. The molecule has 1 saturated heterocycles. The summed E-state index contributed by atoms with van der Waals surface area (Å²) in [6.45, 7) is 2.88. The fourth-order valence-electron chi connectivity index (χ4n) is 3.45. The number of ether oxygens (including phenoxy) is 1. The molecule has 8 heteroatoms. The summed E-state index contributed by atoms with van der Waals surface area (Å²) in [5.74, 6) is 2.74. The number of furan rings is 1. The first-order chi connectivity index (χ1) is 13.9. The summed E-state index contributed by atoms with van der Waals surface area (Å²) in [4.78, 5) is 8.60. The molecule has 0 spiro atoms. The Labute approximate surface area is 161 Å². The molecule has 0 aliphatic carbocycles. The Kier molecular flexibility index (Phi) is 4.46. The van der Waals surface area contributed by atoms with E-state index >= 15 is 0 Å². The van der Waals surface area contributed by atoms with Gasteiger partial charge in [-0.15, -0.1) is 5.10 Å². The summed E-state index contributed by atoms with van der Waals surface area (Å²) in [5.41, 5.74) is 2.32. The summed E-state index contributed by atoms with van der Waals surface area (Å²) in [6.07, 6.45) is 5.43. The highest BCUT2D eigenvalue weighted by atomic mass is 16.5. The quantitative estimate of drug-likeness (QED) is 0.573. The summed E-state index contributed by atoms with van der Waals surface area (Å²) < 4.78 is 13.1. The molecule has 0 unspecified atom stereocenters.